The largest absolute Gasteiger partial charge is 0.399 e. The first-order valence-corrected chi connectivity index (χ1v) is 34.8. The van der Waals surface area contributed by atoms with Gasteiger partial charge >= 0.3 is 0 Å². The average molecular weight is 1280 g/mol. The smallest absolute Gasteiger partial charge is 0.118 e. The van der Waals surface area contributed by atoms with Gasteiger partial charge in [-0.15, -0.1) is 0 Å². The van der Waals surface area contributed by atoms with Gasteiger partial charge in [0, 0.05) is 50.0 Å². The van der Waals surface area contributed by atoms with Gasteiger partial charge in [-0.3, -0.25) is 0 Å². The van der Waals surface area contributed by atoms with Crippen molar-refractivity contribution in [1.82, 2.24) is 39.9 Å². The molecule has 5 aromatic heterocycles. The van der Waals surface area contributed by atoms with Crippen molar-refractivity contribution in [3.05, 3.63) is 184 Å². The standard InChI is InChI=1S/C88H99N9/c1-81(2,3)52-35-48(36-53(43-52)82(4,5)6)69-64-31-32-66(90-64)71(50-39-56(85(13,14)15)45-57(40-50)86(16,17)18)75-79-80(95-68-47-60(89)29-30-63(68)94-79)76(97-75)72(51-41-58(87(19,20)21)46-59(42-51)88(22,23)24)67-34-33-65(91-67)70(49-37-54(83(7,8)9)44-55(38-49)84(10,11)12)74-78-77(73(69)96-74)92-61-27-25-26-28-62(61)93-78/h25-47,90-91H,89H2,1-24H3. The quantitative estimate of drug-likeness (QED) is 0.149. The third-order valence-corrected chi connectivity index (χ3v) is 19.8. The number of para-hydroxylation sites is 2. The summed E-state index contributed by atoms with van der Waals surface area (Å²) in [4.78, 5) is 43.8. The highest BCUT2D eigenvalue weighted by atomic mass is 15.0. The zero-order valence-corrected chi connectivity index (χ0v) is 62.0. The van der Waals surface area contributed by atoms with Crippen LogP contribution in [-0.4, -0.2) is 39.9 Å². The molecule has 6 aromatic carbocycles. The van der Waals surface area contributed by atoms with Crippen LogP contribution in [0, 0.1) is 0 Å². The van der Waals surface area contributed by atoms with Crippen LogP contribution in [0.25, 0.3) is 134 Å². The summed E-state index contributed by atoms with van der Waals surface area (Å²) in [5, 5.41) is 0. The van der Waals surface area contributed by atoms with Crippen molar-refractivity contribution in [3.63, 3.8) is 0 Å². The Hall–Kier alpha value is -9.08. The summed E-state index contributed by atoms with van der Waals surface area (Å²) in [6.45, 7) is 55.4. The van der Waals surface area contributed by atoms with Crippen molar-refractivity contribution < 1.29 is 0 Å². The molecule has 11 aromatic rings. The van der Waals surface area contributed by atoms with Gasteiger partial charge in [0.2, 0.25) is 0 Å². The highest BCUT2D eigenvalue weighted by molar-refractivity contribution is 6.07. The highest BCUT2D eigenvalue weighted by Crippen LogP contribution is 2.52. The topological polar surface area (TPSA) is 135 Å². The van der Waals surface area contributed by atoms with Gasteiger partial charge < -0.3 is 15.7 Å². The first kappa shape index (κ1) is 66.5. The number of hydrogen-bond acceptors (Lipinski definition) is 7. The molecule has 7 heterocycles. The molecule has 0 amide bonds. The molecule has 2 aliphatic rings. The van der Waals surface area contributed by atoms with Crippen LogP contribution in [0.15, 0.2) is 140 Å². The predicted molar refractivity (Wildman–Crippen MR) is 412 cm³/mol. The summed E-state index contributed by atoms with van der Waals surface area (Å²) in [6.07, 6.45) is 0. The van der Waals surface area contributed by atoms with Gasteiger partial charge in [0.1, 0.15) is 45.6 Å². The molecule has 97 heavy (non-hydrogen) atoms. The van der Waals surface area contributed by atoms with E-state index in [-0.39, 0.29) is 43.3 Å². The lowest BCUT2D eigenvalue weighted by molar-refractivity contribution is 0.568. The normalized spacial score (nSPS) is 13.4. The molecule has 0 saturated heterocycles. The van der Waals surface area contributed by atoms with Gasteiger partial charge in [0.25, 0.3) is 0 Å². The van der Waals surface area contributed by atoms with Crippen molar-refractivity contribution in [2.45, 2.75) is 209 Å². The molecule has 9 heteroatoms. The molecule has 0 fully saturated rings. The minimum atomic E-state index is -0.222. The highest BCUT2D eigenvalue weighted by Gasteiger charge is 2.35. The van der Waals surface area contributed by atoms with E-state index in [1.165, 1.54) is 44.5 Å². The summed E-state index contributed by atoms with van der Waals surface area (Å²) in [5.74, 6) is 0. The number of nitrogens with one attached hydrogen (secondary N) is 2. The molecule has 0 atom stereocenters. The van der Waals surface area contributed by atoms with Gasteiger partial charge in [0.15, 0.2) is 0 Å². The number of fused-ring (bicyclic) bond motifs is 16. The second-order valence-corrected chi connectivity index (χ2v) is 36.0. The molecule has 2 aliphatic heterocycles. The second kappa shape index (κ2) is 22.5. The first-order valence-electron chi connectivity index (χ1n) is 34.8. The number of nitrogens with zero attached hydrogens (tertiary/aromatic N) is 6. The van der Waals surface area contributed by atoms with Crippen molar-refractivity contribution in [2.75, 3.05) is 5.73 Å². The van der Waals surface area contributed by atoms with E-state index in [4.69, 9.17) is 35.6 Å². The maximum Gasteiger partial charge on any atom is 0.118 e. The molecule has 0 radical (unpaired) electrons. The van der Waals surface area contributed by atoms with Crippen LogP contribution in [0.2, 0.25) is 0 Å². The Labute approximate surface area is 575 Å². The number of nitrogens with two attached hydrogens (primary N) is 1. The maximum atomic E-state index is 6.71. The maximum absolute atomic E-state index is 6.71. The van der Waals surface area contributed by atoms with Crippen molar-refractivity contribution in [3.8, 4) is 90.1 Å². The van der Waals surface area contributed by atoms with Crippen molar-refractivity contribution in [2.24, 2.45) is 0 Å². The number of H-pyrrole nitrogens is 2. The molecule has 496 valence electrons. The number of benzene rings is 6. The molecule has 13 rings (SSSR count). The van der Waals surface area contributed by atoms with Gasteiger partial charge in [0.05, 0.1) is 22.1 Å². The third-order valence-electron chi connectivity index (χ3n) is 19.8. The van der Waals surface area contributed by atoms with E-state index in [0.29, 0.717) is 45.4 Å². The van der Waals surface area contributed by atoms with E-state index < -0.39 is 0 Å². The van der Waals surface area contributed by atoms with E-state index >= 15 is 0 Å². The zero-order chi connectivity index (χ0) is 70.0. The number of rotatable bonds is 4. The van der Waals surface area contributed by atoms with Crippen molar-refractivity contribution >= 4 is 49.8 Å². The van der Waals surface area contributed by atoms with E-state index in [9.17, 15) is 0 Å². The Kier molecular flexibility index (Phi) is 15.4. The van der Waals surface area contributed by atoms with Crippen LogP contribution in [0.4, 0.5) is 5.69 Å². The zero-order valence-electron chi connectivity index (χ0n) is 62.0. The lowest BCUT2D eigenvalue weighted by Crippen LogP contribution is -2.16. The Morgan fingerprint density at radius 1 is 0.227 bits per heavy atom. The molecule has 0 unspecified atom stereocenters. The van der Waals surface area contributed by atoms with Gasteiger partial charge in [-0.25, -0.2) is 29.9 Å². The fraction of sp³-hybridized carbons (Fsp3) is 0.364. The SMILES string of the molecule is CC(C)(C)c1cc(-c2c3nc(c(-c4cc(C(C)(C)C)cc(C(C)(C)C)c4)c4ccc([nH]4)c(-c4cc(C(C)(C)C)cc(C(C)(C)C)c4)c4nc(c(-c5cc(C(C)(C)C)cc(C(C)(C)C)c5)c5ccc2[nH]5)-c2nc5ccc(N)cc5nc2-4)-c2nc4ccccc4nc2-3)cc(C(C)(C)C)c1. The lowest BCUT2D eigenvalue weighted by Gasteiger charge is -2.26. The summed E-state index contributed by atoms with van der Waals surface area (Å²) < 4.78 is 0. The fourth-order valence-electron chi connectivity index (χ4n) is 13.5. The summed E-state index contributed by atoms with van der Waals surface area (Å²) in [5.41, 5.74) is 35.0. The predicted octanol–water partition coefficient (Wildman–Crippen LogP) is 23.5. The average Bonchev–Trinajstić information content (AvgIpc) is 1.59. The summed E-state index contributed by atoms with van der Waals surface area (Å²) in [7, 11) is 0. The van der Waals surface area contributed by atoms with Crippen LogP contribution in [-0.2, 0) is 43.3 Å². The van der Waals surface area contributed by atoms with Crippen LogP contribution < -0.4 is 5.73 Å². The minimum absolute atomic E-state index is 0.214. The molecule has 0 saturated carbocycles. The van der Waals surface area contributed by atoms with Crippen molar-refractivity contribution in [1.29, 1.82) is 0 Å². The molecule has 8 bridgehead atoms. The molecule has 9 nitrogen and oxygen atoms in total. The summed E-state index contributed by atoms with van der Waals surface area (Å²) in [6, 6.07) is 51.7. The lowest BCUT2D eigenvalue weighted by atomic mass is 9.78. The van der Waals surface area contributed by atoms with E-state index in [0.717, 1.165) is 94.5 Å². The van der Waals surface area contributed by atoms with Crippen LogP contribution in [0.3, 0.4) is 0 Å². The van der Waals surface area contributed by atoms with Gasteiger partial charge in [-0.05, 0) is 165 Å². The first-order chi connectivity index (χ1) is 45.0. The van der Waals surface area contributed by atoms with Gasteiger partial charge in [-0.2, -0.15) is 0 Å². The summed E-state index contributed by atoms with van der Waals surface area (Å²) >= 11 is 0. The number of aromatic nitrogens is 8. The second-order valence-electron chi connectivity index (χ2n) is 36.0. The molecular weight excluding hydrogens is 1180 g/mol. The monoisotopic (exact) mass is 1280 g/mol. The molecule has 4 N–H and O–H groups in total. The van der Waals surface area contributed by atoms with E-state index in [1.54, 1.807) is 0 Å². The number of hydrogen-bond donors (Lipinski definition) is 3. The van der Waals surface area contributed by atoms with Crippen LogP contribution >= 0.6 is 0 Å². The van der Waals surface area contributed by atoms with E-state index in [1.807, 2.05) is 18.2 Å². The molecule has 0 aliphatic carbocycles. The Bertz CT molecular complexity index is 5110. The number of nitrogen functional groups attached to an aromatic ring is 1. The minimum Gasteiger partial charge on any atom is -0.399 e. The van der Waals surface area contributed by atoms with E-state index in [2.05, 4.69) is 297 Å². The Morgan fingerprint density at radius 2 is 0.443 bits per heavy atom. The molecule has 0 spiro atoms. The van der Waals surface area contributed by atoms with Gasteiger partial charge in [-0.1, -0.05) is 251 Å². The number of aromatic amines is 2. The van der Waals surface area contributed by atoms with Crippen LogP contribution in [0.5, 0.6) is 0 Å². The van der Waals surface area contributed by atoms with Crippen LogP contribution in [0.1, 0.15) is 211 Å². The third kappa shape index (κ3) is 12.4. The number of anilines is 1. The Balaban J connectivity index is 1.37. The Morgan fingerprint density at radius 3 is 0.670 bits per heavy atom. The molecular formula is C88H99N9. The fourth-order valence-corrected chi connectivity index (χ4v) is 13.5.